The Kier molecular flexibility index (Phi) is 7.17. The Morgan fingerprint density at radius 3 is 2.58 bits per heavy atom. The lowest BCUT2D eigenvalue weighted by Crippen LogP contribution is -2.07. The van der Waals surface area contributed by atoms with Crippen molar-refractivity contribution in [3.63, 3.8) is 0 Å². The highest BCUT2D eigenvalue weighted by atomic mass is 127. The van der Waals surface area contributed by atoms with E-state index < -0.39 is 0 Å². The lowest BCUT2D eigenvalue weighted by molar-refractivity contribution is -0.138. The number of nitrogens with two attached hydrogens (primary N) is 1. The number of nitrogens with zero attached hydrogens (tertiary/aromatic N) is 2. The van der Waals surface area contributed by atoms with Gasteiger partial charge in [-0.2, -0.15) is 0 Å². The molecule has 0 spiro atoms. The van der Waals surface area contributed by atoms with Gasteiger partial charge in [-0.1, -0.05) is 0 Å². The Morgan fingerprint density at radius 1 is 1.29 bits per heavy atom. The van der Waals surface area contributed by atoms with Crippen molar-refractivity contribution in [1.82, 2.24) is 9.97 Å². The van der Waals surface area contributed by atoms with Gasteiger partial charge >= 0.3 is 5.97 Å². The minimum absolute atomic E-state index is 0.244. The highest BCUT2D eigenvalue weighted by Gasteiger charge is 2.20. The number of fused-ring (bicyclic) bond motifs is 1. The molecule has 0 saturated carbocycles. The monoisotopic (exact) mass is 565 g/mol. The average molecular weight is 567 g/mol. The molecule has 2 aromatic rings. The number of ether oxygens (including phenoxy) is 1. The fourth-order valence-corrected chi connectivity index (χ4v) is 3.54. The number of nitrogen functional groups attached to an aromatic ring is 1. The van der Waals surface area contributed by atoms with Crippen LogP contribution in [0.5, 0.6) is 0 Å². The third-order valence-corrected chi connectivity index (χ3v) is 4.76. The number of aromatic nitrogens is 2. The van der Waals surface area contributed by atoms with Crippen molar-refractivity contribution in [2.45, 2.75) is 13.3 Å². The van der Waals surface area contributed by atoms with Crippen LogP contribution in [0.15, 0.2) is 39.0 Å². The summed E-state index contributed by atoms with van der Waals surface area (Å²) in [6, 6.07) is 3.87. The maximum atomic E-state index is 11.5. The molecule has 0 saturated heterocycles. The predicted molar refractivity (Wildman–Crippen MR) is 109 cm³/mol. The molecule has 5 nitrogen and oxygen atoms in total. The van der Waals surface area contributed by atoms with E-state index in [1.165, 1.54) is 0 Å². The van der Waals surface area contributed by atoms with Crippen LogP contribution in [-0.2, 0) is 16.0 Å². The standard InChI is InChI=1S/C11H10BrNO2.C5H4BrIN2/c1-2-15-11(14)8-3-7-4-9(12)6-13-10(7)5-8;6-3-1-4(7)5(8)9-2-3/h3-4,6H,2,5H2,1H3;1-2H,(H2,8,9). The molecule has 0 amide bonds. The molecule has 0 radical (unpaired) electrons. The van der Waals surface area contributed by atoms with Gasteiger partial charge in [0.15, 0.2) is 0 Å². The summed E-state index contributed by atoms with van der Waals surface area (Å²) >= 11 is 8.75. The summed E-state index contributed by atoms with van der Waals surface area (Å²) in [5, 5.41) is 0. The molecule has 0 fully saturated rings. The summed E-state index contributed by atoms with van der Waals surface area (Å²) < 4.78 is 7.79. The van der Waals surface area contributed by atoms with Crippen LogP contribution >= 0.6 is 54.5 Å². The van der Waals surface area contributed by atoms with Crippen LogP contribution in [0, 0.1) is 3.57 Å². The summed E-state index contributed by atoms with van der Waals surface area (Å²) in [5.41, 5.74) is 8.05. The SMILES string of the molecule is CCOC(=O)C1=Cc2cc(Br)cnc2C1.Nc1ncc(Br)cc1I. The number of esters is 1. The highest BCUT2D eigenvalue weighted by molar-refractivity contribution is 14.1. The molecule has 3 rings (SSSR count). The quantitative estimate of drug-likeness (QED) is 0.431. The summed E-state index contributed by atoms with van der Waals surface area (Å²) in [6.45, 7) is 2.21. The first-order valence-electron chi connectivity index (χ1n) is 6.99. The maximum absolute atomic E-state index is 11.5. The molecule has 1 aliphatic rings. The van der Waals surface area contributed by atoms with Crippen molar-refractivity contribution in [2.24, 2.45) is 0 Å². The largest absolute Gasteiger partial charge is 0.463 e. The van der Waals surface area contributed by atoms with Gasteiger partial charge in [0.05, 0.1) is 15.9 Å². The Morgan fingerprint density at radius 2 is 1.96 bits per heavy atom. The predicted octanol–water partition coefficient (Wildman–Crippen LogP) is 4.38. The normalized spacial score (nSPS) is 11.9. The molecule has 0 atom stereocenters. The third-order valence-electron chi connectivity index (χ3n) is 3.03. The molecular formula is C16H14Br2IN3O2. The molecule has 0 unspecified atom stereocenters. The average Bonchev–Trinajstić information content (AvgIpc) is 2.95. The number of rotatable bonds is 2. The van der Waals surface area contributed by atoms with E-state index in [4.69, 9.17) is 10.5 Å². The summed E-state index contributed by atoms with van der Waals surface area (Å²) in [4.78, 5) is 19.6. The van der Waals surface area contributed by atoms with Crippen molar-refractivity contribution < 1.29 is 9.53 Å². The van der Waals surface area contributed by atoms with Gasteiger partial charge in [0, 0.05) is 33.3 Å². The van der Waals surface area contributed by atoms with Crippen molar-refractivity contribution in [3.8, 4) is 0 Å². The zero-order valence-corrected chi connectivity index (χ0v) is 18.1. The minimum Gasteiger partial charge on any atom is -0.463 e. The summed E-state index contributed by atoms with van der Waals surface area (Å²) in [6.07, 6.45) is 5.82. The van der Waals surface area contributed by atoms with E-state index in [0.29, 0.717) is 24.4 Å². The van der Waals surface area contributed by atoms with Crippen molar-refractivity contribution >= 4 is 72.3 Å². The minimum atomic E-state index is -0.244. The van der Waals surface area contributed by atoms with Crippen LogP contribution in [0.4, 0.5) is 5.82 Å². The molecule has 126 valence electrons. The van der Waals surface area contributed by atoms with Crippen LogP contribution in [0.1, 0.15) is 18.2 Å². The van der Waals surface area contributed by atoms with Gasteiger partial charge in [-0.3, -0.25) is 4.98 Å². The van der Waals surface area contributed by atoms with Gasteiger partial charge in [-0.15, -0.1) is 0 Å². The molecular weight excluding hydrogens is 553 g/mol. The first-order chi connectivity index (χ1) is 11.4. The molecule has 0 bridgehead atoms. The van der Waals surface area contributed by atoms with Gasteiger partial charge in [0.2, 0.25) is 0 Å². The lowest BCUT2D eigenvalue weighted by Gasteiger charge is -2.00. The van der Waals surface area contributed by atoms with Crippen LogP contribution in [-0.4, -0.2) is 22.5 Å². The fraction of sp³-hybridized carbons (Fsp3) is 0.188. The zero-order valence-electron chi connectivity index (χ0n) is 12.7. The smallest absolute Gasteiger partial charge is 0.334 e. The molecule has 24 heavy (non-hydrogen) atoms. The number of hydrogen-bond acceptors (Lipinski definition) is 5. The Bertz CT molecular complexity index is 797. The number of halogens is 3. The van der Waals surface area contributed by atoms with Crippen LogP contribution in [0.25, 0.3) is 6.08 Å². The van der Waals surface area contributed by atoms with Crippen molar-refractivity contribution in [1.29, 1.82) is 0 Å². The van der Waals surface area contributed by atoms with E-state index >= 15 is 0 Å². The van der Waals surface area contributed by atoms with E-state index in [-0.39, 0.29) is 5.97 Å². The second-order valence-corrected chi connectivity index (χ2v) is 7.77. The second-order valence-electron chi connectivity index (χ2n) is 4.78. The number of carbonyl (C=O) groups excluding carboxylic acids is 1. The van der Waals surface area contributed by atoms with Gasteiger partial charge < -0.3 is 10.5 Å². The van der Waals surface area contributed by atoms with Gasteiger partial charge in [0.1, 0.15) is 5.82 Å². The summed E-state index contributed by atoms with van der Waals surface area (Å²) in [7, 11) is 0. The van der Waals surface area contributed by atoms with Gasteiger partial charge in [-0.25, -0.2) is 9.78 Å². The molecule has 0 aromatic carbocycles. The zero-order chi connectivity index (χ0) is 17.7. The van der Waals surface area contributed by atoms with E-state index in [1.807, 2.05) is 18.2 Å². The fourth-order valence-electron chi connectivity index (χ4n) is 1.96. The Labute approximate surface area is 170 Å². The van der Waals surface area contributed by atoms with E-state index in [1.54, 1.807) is 19.3 Å². The van der Waals surface area contributed by atoms with Crippen LogP contribution in [0.3, 0.4) is 0 Å². The molecule has 1 aliphatic carbocycles. The lowest BCUT2D eigenvalue weighted by atomic mass is 10.2. The van der Waals surface area contributed by atoms with Crippen LogP contribution in [0.2, 0.25) is 0 Å². The van der Waals surface area contributed by atoms with Crippen molar-refractivity contribution in [2.75, 3.05) is 12.3 Å². The highest BCUT2D eigenvalue weighted by Crippen LogP contribution is 2.26. The molecule has 2 heterocycles. The first kappa shape index (κ1) is 19.3. The van der Waals surface area contributed by atoms with E-state index in [2.05, 4.69) is 64.4 Å². The Balaban J connectivity index is 0.000000198. The molecule has 0 aliphatic heterocycles. The van der Waals surface area contributed by atoms with Gasteiger partial charge in [-0.05, 0) is 85.1 Å². The number of carbonyl (C=O) groups is 1. The number of hydrogen-bond donors (Lipinski definition) is 1. The van der Waals surface area contributed by atoms with Crippen molar-refractivity contribution in [3.05, 3.63) is 53.9 Å². The molecule has 8 heteroatoms. The van der Waals surface area contributed by atoms with Gasteiger partial charge in [0.25, 0.3) is 0 Å². The van der Waals surface area contributed by atoms with E-state index in [0.717, 1.165) is 23.8 Å². The maximum Gasteiger partial charge on any atom is 0.334 e. The topological polar surface area (TPSA) is 78.1 Å². The van der Waals surface area contributed by atoms with Crippen LogP contribution < -0.4 is 5.73 Å². The first-order valence-corrected chi connectivity index (χ1v) is 9.65. The molecule has 2 N–H and O–H groups in total. The van der Waals surface area contributed by atoms with E-state index in [9.17, 15) is 4.79 Å². The number of anilines is 1. The Hall–Kier alpha value is -1.00. The number of pyridine rings is 2. The third kappa shape index (κ3) is 5.25. The summed E-state index contributed by atoms with van der Waals surface area (Å²) in [5.74, 6) is 0.338. The second kappa shape index (κ2) is 8.91. The molecule has 2 aromatic heterocycles.